The molecule has 0 aromatic heterocycles. The lowest BCUT2D eigenvalue weighted by molar-refractivity contribution is -0.146. The van der Waals surface area contributed by atoms with Crippen LogP contribution < -0.4 is 5.32 Å². The fourth-order valence-electron chi connectivity index (χ4n) is 1.13. The van der Waals surface area contributed by atoms with Crippen molar-refractivity contribution in [2.75, 3.05) is 5.32 Å². The fraction of sp³-hybridized carbons (Fsp3) is 0.200. The first kappa shape index (κ1) is 11.2. The minimum Gasteiger partial charge on any atom is -0.479 e. The summed E-state index contributed by atoms with van der Waals surface area (Å²) < 4.78 is 0. The van der Waals surface area contributed by atoms with Gasteiger partial charge in [0.1, 0.15) is 0 Å². The highest BCUT2D eigenvalue weighted by atomic mass is 16.4. The summed E-state index contributed by atoms with van der Waals surface area (Å²) in [5, 5.41) is 20.3. The predicted octanol–water partition coefficient (Wildman–Crippen LogP) is 0.763. The predicted molar refractivity (Wildman–Crippen MR) is 53.3 cm³/mol. The second kappa shape index (κ2) is 4.56. The summed E-state index contributed by atoms with van der Waals surface area (Å²) in [6, 6.07) is 6.07. The molecule has 80 valence electrons. The van der Waals surface area contributed by atoms with Gasteiger partial charge in [0.05, 0.1) is 0 Å². The molecular formula is C10H11NO4. The number of aliphatic hydroxyl groups is 1. The topological polar surface area (TPSA) is 86.6 Å². The number of carboxylic acids is 1. The normalized spacial score (nSPS) is 11.9. The summed E-state index contributed by atoms with van der Waals surface area (Å²) in [4.78, 5) is 21.2. The Hall–Kier alpha value is -1.88. The van der Waals surface area contributed by atoms with Gasteiger partial charge in [-0.1, -0.05) is 12.1 Å². The molecule has 0 saturated heterocycles. The molecule has 0 fully saturated rings. The number of nitrogens with one attached hydrogen (secondary N) is 1. The molecule has 5 heteroatoms. The zero-order chi connectivity index (χ0) is 11.4. The summed E-state index contributed by atoms with van der Waals surface area (Å²) in [5.41, 5.74) is 0.689. The maximum atomic E-state index is 10.7. The number of carbonyl (C=O) groups is 2. The van der Waals surface area contributed by atoms with Crippen LogP contribution in [0.4, 0.5) is 5.69 Å². The first-order valence-corrected chi connectivity index (χ1v) is 4.29. The van der Waals surface area contributed by atoms with Crippen LogP contribution in [-0.4, -0.2) is 22.1 Å². The Morgan fingerprint density at radius 3 is 2.60 bits per heavy atom. The molecule has 0 bridgehead atoms. The zero-order valence-electron chi connectivity index (χ0n) is 8.10. The van der Waals surface area contributed by atoms with E-state index in [0.29, 0.717) is 5.69 Å². The molecule has 1 rings (SSSR count). The van der Waals surface area contributed by atoms with E-state index in [-0.39, 0.29) is 11.5 Å². The number of anilines is 1. The van der Waals surface area contributed by atoms with Gasteiger partial charge < -0.3 is 15.5 Å². The number of carboxylic acid groups (broad SMARTS) is 1. The van der Waals surface area contributed by atoms with E-state index >= 15 is 0 Å². The molecule has 1 amide bonds. The van der Waals surface area contributed by atoms with E-state index in [1.165, 1.54) is 19.1 Å². The van der Waals surface area contributed by atoms with Crippen molar-refractivity contribution in [1.29, 1.82) is 0 Å². The Bertz CT molecular complexity index is 389. The van der Waals surface area contributed by atoms with E-state index < -0.39 is 12.1 Å². The second-order valence-corrected chi connectivity index (χ2v) is 3.05. The van der Waals surface area contributed by atoms with E-state index in [0.717, 1.165) is 0 Å². The van der Waals surface area contributed by atoms with Gasteiger partial charge in [0.25, 0.3) is 0 Å². The molecule has 1 aromatic carbocycles. The largest absolute Gasteiger partial charge is 0.479 e. The van der Waals surface area contributed by atoms with Gasteiger partial charge in [-0.25, -0.2) is 4.79 Å². The van der Waals surface area contributed by atoms with Gasteiger partial charge in [0.15, 0.2) is 6.10 Å². The molecule has 0 aliphatic heterocycles. The van der Waals surface area contributed by atoms with Crippen molar-refractivity contribution in [3.63, 3.8) is 0 Å². The summed E-state index contributed by atoms with van der Waals surface area (Å²) in [6.45, 7) is 1.35. The molecule has 15 heavy (non-hydrogen) atoms. The minimum absolute atomic E-state index is 0.230. The van der Waals surface area contributed by atoms with Gasteiger partial charge in [-0.15, -0.1) is 0 Å². The van der Waals surface area contributed by atoms with Crippen molar-refractivity contribution in [3.8, 4) is 0 Å². The van der Waals surface area contributed by atoms with E-state index in [1.54, 1.807) is 12.1 Å². The third kappa shape index (κ3) is 3.07. The van der Waals surface area contributed by atoms with E-state index in [2.05, 4.69) is 5.32 Å². The summed E-state index contributed by atoms with van der Waals surface area (Å²) in [6.07, 6.45) is -1.57. The average Bonchev–Trinajstić information content (AvgIpc) is 2.16. The highest BCUT2D eigenvalue weighted by Crippen LogP contribution is 2.17. The number of amides is 1. The highest BCUT2D eigenvalue weighted by molar-refractivity contribution is 5.88. The summed E-state index contributed by atoms with van der Waals surface area (Å²) in [5.74, 6) is -1.58. The Balaban J connectivity index is 2.92. The Morgan fingerprint density at radius 2 is 2.07 bits per heavy atom. The first-order chi connectivity index (χ1) is 7.00. The molecule has 5 nitrogen and oxygen atoms in total. The fourth-order valence-corrected chi connectivity index (χ4v) is 1.13. The molecule has 1 unspecified atom stereocenters. The van der Waals surface area contributed by atoms with Crippen LogP contribution in [0.2, 0.25) is 0 Å². The molecule has 0 radical (unpaired) electrons. The average molecular weight is 209 g/mol. The Morgan fingerprint density at radius 1 is 1.40 bits per heavy atom. The number of aliphatic carboxylic acids is 1. The van der Waals surface area contributed by atoms with Crippen LogP contribution in [0.3, 0.4) is 0 Å². The van der Waals surface area contributed by atoms with Crippen molar-refractivity contribution in [1.82, 2.24) is 0 Å². The SMILES string of the molecule is CC(=O)Nc1cccc(C(O)C(=O)O)c1. The maximum Gasteiger partial charge on any atom is 0.337 e. The molecule has 3 N–H and O–H groups in total. The van der Waals surface area contributed by atoms with Gasteiger partial charge in [-0.3, -0.25) is 4.79 Å². The molecule has 0 spiro atoms. The number of benzene rings is 1. The third-order valence-electron chi connectivity index (χ3n) is 1.76. The van der Waals surface area contributed by atoms with E-state index in [9.17, 15) is 14.7 Å². The van der Waals surface area contributed by atoms with E-state index in [1.807, 2.05) is 0 Å². The second-order valence-electron chi connectivity index (χ2n) is 3.05. The lowest BCUT2D eigenvalue weighted by Gasteiger charge is -2.08. The van der Waals surface area contributed by atoms with Crippen molar-refractivity contribution < 1.29 is 19.8 Å². The van der Waals surface area contributed by atoms with Crippen LogP contribution >= 0.6 is 0 Å². The van der Waals surface area contributed by atoms with Crippen molar-refractivity contribution in [2.45, 2.75) is 13.0 Å². The molecule has 0 aliphatic rings. The van der Waals surface area contributed by atoms with Gasteiger partial charge in [0, 0.05) is 12.6 Å². The van der Waals surface area contributed by atoms with Crippen LogP contribution in [0.25, 0.3) is 0 Å². The van der Waals surface area contributed by atoms with Gasteiger partial charge >= 0.3 is 5.97 Å². The van der Waals surface area contributed by atoms with Crippen molar-refractivity contribution in [2.24, 2.45) is 0 Å². The highest BCUT2D eigenvalue weighted by Gasteiger charge is 2.15. The summed E-state index contributed by atoms with van der Waals surface area (Å²) in [7, 11) is 0. The van der Waals surface area contributed by atoms with Crippen molar-refractivity contribution >= 4 is 17.6 Å². The summed E-state index contributed by atoms with van der Waals surface area (Å²) >= 11 is 0. The van der Waals surface area contributed by atoms with Gasteiger partial charge in [-0.05, 0) is 17.7 Å². The third-order valence-corrected chi connectivity index (χ3v) is 1.76. The maximum absolute atomic E-state index is 10.7. The van der Waals surface area contributed by atoms with E-state index in [4.69, 9.17) is 5.11 Å². The van der Waals surface area contributed by atoms with Crippen LogP contribution in [0.5, 0.6) is 0 Å². The number of hydrogen-bond donors (Lipinski definition) is 3. The molecule has 0 aliphatic carbocycles. The molecule has 1 atom stereocenters. The smallest absolute Gasteiger partial charge is 0.337 e. The lowest BCUT2D eigenvalue weighted by atomic mass is 10.1. The molecular weight excluding hydrogens is 198 g/mol. The first-order valence-electron chi connectivity index (χ1n) is 4.29. The Labute approximate surface area is 86.4 Å². The molecule has 0 heterocycles. The zero-order valence-corrected chi connectivity index (χ0v) is 8.10. The van der Waals surface area contributed by atoms with Crippen LogP contribution in [-0.2, 0) is 9.59 Å². The van der Waals surface area contributed by atoms with Crippen LogP contribution in [0.1, 0.15) is 18.6 Å². The molecule has 0 saturated carbocycles. The Kier molecular flexibility index (Phi) is 3.41. The number of rotatable bonds is 3. The standard InChI is InChI=1S/C10H11NO4/c1-6(12)11-8-4-2-3-7(5-8)9(13)10(14)15/h2-5,9,13H,1H3,(H,11,12)(H,14,15). The van der Waals surface area contributed by atoms with Crippen LogP contribution in [0, 0.1) is 0 Å². The minimum atomic E-state index is -1.57. The number of aliphatic hydroxyl groups excluding tert-OH is 1. The monoisotopic (exact) mass is 209 g/mol. The van der Waals surface area contributed by atoms with Gasteiger partial charge in [0.2, 0.25) is 5.91 Å². The lowest BCUT2D eigenvalue weighted by Crippen LogP contribution is -2.11. The van der Waals surface area contributed by atoms with Gasteiger partial charge in [-0.2, -0.15) is 0 Å². The molecule has 1 aromatic rings. The number of carbonyl (C=O) groups excluding carboxylic acids is 1. The van der Waals surface area contributed by atoms with Crippen molar-refractivity contribution in [3.05, 3.63) is 29.8 Å². The quantitative estimate of drug-likeness (QED) is 0.686. The number of hydrogen-bond acceptors (Lipinski definition) is 3. The van der Waals surface area contributed by atoms with Crippen LogP contribution in [0.15, 0.2) is 24.3 Å².